The number of aromatic nitrogens is 2. The molecule has 28 heavy (non-hydrogen) atoms. The fourth-order valence-corrected chi connectivity index (χ4v) is 4.04. The predicted molar refractivity (Wildman–Crippen MR) is 106 cm³/mol. The molecule has 2 fully saturated rings. The van der Waals surface area contributed by atoms with E-state index in [4.69, 9.17) is 11.6 Å². The number of carbonyl (C=O) groups excluding carboxylic acids is 2. The third kappa shape index (κ3) is 4.01. The van der Waals surface area contributed by atoms with Gasteiger partial charge in [0.25, 0.3) is 0 Å². The fourth-order valence-electron chi connectivity index (χ4n) is 3.87. The van der Waals surface area contributed by atoms with Crippen molar-refractivity contribution in [1.82, 2.24) is 30.0 Å². The molecule has 2 aromatic rings. The normalized spacial score (nSPS) is 19.5. The monoisotopic (exact) mass is 404 g/mol. The van der Waals surface area contributed by atoms with E-state index in [0.717, 1.165) is 43.4 Å². The average molecular weight is 405 g/mol. The number of fused-ring (bicyclic) bond motifs is 1. The Morgan fingerprint density at radius 2 is 2.11 bits per heavy atom. The van der Waals surface area contributed by atoms with Gasteiger partial charge in [0.2, 0.25) is 0 Å². The highest BCUT2D eigenvalue weighted by Crippen LogP contribution is 2.31. The highest BCUT2D eigenvalue weighted by Gasteiger charge is 2.39. The molecule has 1 atom stereocenters. The molecule has 0 spiro atoms. The van der Waals surface area contributed by atoms with Crippen LogP contribution in [0.2, 0.25) is 5.02 Å². The van der Waals surface area contributed by atoms with Crippen molar-refractivity contribution in [3.05, 3.63) is 35.1 Å². The van der Waals surface area contributed by atoms with Crippen molar-refractivity contribution in [2.75, 3.05) is 20.1 Å². The molecule has 2 N–H and O–H groups in total. The molecule has 8 nitrogen and oxygen atoms in total. The summed E-state index contributed by atoms with van der Waals surface area (Å²) in [6.45, 7) is 1.67. The highest BCUT2D eigenvalue weighted by molar-refractivity contribution is 6.30. The van der Waals surface area contributed by atoms with Crippen LogP contribution < -0.4 is 10.6 Å². The summed E-state index contributed by atoms with van der Waals surface area (Å²) < 4.78 is 1.74. The first-order valence-corrected chi connectivity index (χ1v) is 10.1. The molecule has 0 radical (unpaired) electrons. The van der Waals surface area contributed by atoms with E-state index in [1.165, 1.54) is 0 Å². The van der Waals surface area contributed by atoms with Crippen LogP contribution in [0.3, 0.4) is 0 Å². The van der Waals surface area contributed by atoms with E-state index in [2.05, 4.69) is 15.7 Å². The van der Waals surface area contributed by atoms with Crippen LogP contribution in [0.1, 0.15) is 31.4 Å². The number of piperidine rings is 1. The lowest BCUT2D eigenvalue weighted by Crippen LogP contribution is -2.56. The maximum Gasteiger partial charge on any atom is 0.318 e. The van der Waals surface area contributed by atoms with E-state index in [9.17, 15) is 9.59 Å². The van der Waals surface area contributed by atoms with Gasteiger partial charge in [0.1, 0.15) is 0 Å². The zero-order valence-corrected chi connectivity index (χ0v) is 16.7. The maximum absolute atomic E-state index is 13.0. The smallest absolute Gasteiger partial charge is 0.318 e. The Hall–Kier alpha value is -2.48. The van der Waals surface area contributed by atoms with E-state index in [1.807, 2.05) is 17.0 Å². The molecule has 4 amide bonds. The number of hydrogen-bond donors (Lipinski definition) is 2. The van der Waals surface area contributed by atoms with Crippen molar-refractivity contribution in [1.29, 1.82) is 0 Å². The molecular formula is C19H25ClN6O2. The van der Waals surface area contributed by atoms with Gasteiger partial charge in [-0.3, -0.25) is 0 Å². The molecule has 1 saturated heterocycles. The molecule has 2 aromatic heterocycles. The Balaban J connectivity index is 1.41. The third-order valence-corrected chi connectivity index (χ3v) is 5.60. The number of urea groups is 2. The number of nitrogens with one attached hydrogen (secondary N) is 2. The van der Waals surface area contributed by atoms with Crippen molar-refractivity contribution in [3.63, 3.8) is 0 Å². The zero-order valence-electron chi connectivity index (χ0n) is 15.9. The molecule has 0 aromatic carbocycles. The van der Waals surface area contributed by atoms with Crippen molar-refractivity contribution in [2.24, 2.45) is 0 Å². The van der Waals surface area contributed by atoms with Gasteiger partial charge in [-0.1, -0.05) is 11.6 Å². The molecule has 4 rings (SSSR count). The first-order valence-electron chi connectivity index (χ1n) is 9.72. The second-order valence-corrected chi connectivity index (χ2v) is 7.88. The zero-order chi connectivity index (χ0) is 19.7. The number of amides is 4. The van der Waals surface area contributed by atoms with Gasteiger partial charge in [-0.15, -0.1) is 0 Å². The Morgan fingerprint density at radius 1 is 1.29 bits per heavy atom. The van der Waals surface area contributed by atoms with Gasteiger partial charge in [0, 0.05) is 37.4 Å². The largest absolute Gasteiger partial charge is 0.341 e. The van der Waals surface area contributed by atoms with Gasteiger partial charge in [-0.05, 0) is 43.9 Å². The minimum absolute atomic E-state index is 0.0541. The molecule has 9 heteroatoms. The summed E-state index contributed by atoms with van der Waals surface area (Å²) in [6.07, 6.45) is 5.68. The second-order valence-electron chi connectivity index (χ2n) is 7.44. The maximum atomic E-state index is 13.0. The van der Waals surface area contributed by atoms with E-state index in [-0.39, 0.29) is 24.1 Å². The summed E-state index contributed by atoms with van der Waals surface area (Å²) in [7, 11) is 1.64. The van der Waals surface area contributed by atoms with Crippen LogP contribution >= 0.6 is 11.6 Å². The summed E-state index contributed by atoms with van der Waals surface area (Å²) in [5.41, 5.74) is 1.67. The summed E-state index contributed by atoms with van der Waals surface area (Å²) in [6, 6.07) is 5.70. The summed E-state index contributed by atoms with van der Waals surface area (Å²) in [5.74, 6) is 0. The van der Waals surface area contributed by atoms with E-state index < -0.39 is 0 Å². The lowest BCUT2D eigenvalue weighted by Gasteiger charge is -2.39. The number of nitrogens with zero attached hydrogens (tertiary/aromatic N) is 4. The molecular weight excluding hydrogens is 380 g/mol. The molecule has 150 valence electrons. The van der Waals surface area contributed by atoms with Crippen molar-refractivity contribution in [2.45, 2.75) is 44.3 Å². The number of likely N-dealkylation sites (tertiary alicyclic amines) is 1. The molecule has 0 unspecified atom stereocenters. The first-order chi connectivity index (χ1) is 13.5. The molecule has 2 aliphatic rings. The SMILES string of the molecule is CNC(=O)N1CCC[C@@H](N(C(=O)NCc2cc3cc(Cl)ccn3n2)C2CC2)C1. The lowest BCUT2D eigenvalue weighted by atomic mass is 10.0. The van der Waals surface area contributed by atoms with Crippen LogP contribution in [0.5, 0.6) is 0 Å². The Morgan fingerprint density at radius 3 is 2.86 bits per heavy atom. The molecule has 1 aliphatic heterocycles. The summed E-state index contributed by atoms with van der Waals surface area (Å²) in [4.78, 5) is 28.7. The number of hydrogen-bond acceptors (Lipinski definition) is 3. The minimum Gasteiger partial charge on any atom is -0.341 e. The van der Waals surface area contributed by atoms with Crippen LogP contribution in [0.25, 0.3) is 5.52 Å². The van der Waals surface area contributed by atoms with Gasteiger partial charge in [-0.2, -0.15) is 5.10 Å². The fraction of sp³-hybridized carbons (Fsp3) is 0.526. The number of pyridine rings is 1. The predicted octanol–water partition coefficient (Wildman–Crippen LogP) is 2.47. The van der Waals surface area contributed by atoms with E-state index in [0.29, 0.717) is 18.1 Å². The molecule has 0 bridgehead atoms. The minimum atomic E-state index is -0.0821. The van der Waals surface area contributed by atoms with Crippen molar-refractivity contribution in [3.8, 4) is 0 Å². The Bertz CT molecular complexity index is 880. The Kier molecular flexibility index (Phi) is 5.30. The van der Waals surface area contributed by atoms with E-state index in [1.54, 1.807) is 28.7 Å². The van der Waals surface area contributed by atoms with Crippen LogP contribution in [0, 0.1) is 0 Å². The van der Waals surface area contributed by atoms with Crippen molar-refractivity contribution >= 4 is 29.2 Å². The van der Waals surface area contributed by atoms with Crippen LogP contribution in [-0.4, -0.2) is 63.7 Å². The summed E-state index contributed by atoms with van der Waals surface area (Å²) in [5, 5.41) is 10.8. The second kappa shape index (κ2) is 7.87. The standard InChI is InChI=1S/C19H25ClN6O2/c1-21-18(27)24-7-2-3-16(12-24)26(15-4-5-15)19(28)22-11-14-10-17-9-13(20)6-8-25(17)23-14/h6,8-10,15-16H,2-5,7,11-12H2,1H3,(H,21,27)(H,22,28)/t16-/m1/s1. The van der Waals surface area contributed by atoms with Gasteiger partial charge < -0.3 is 20.4 Å². The average Bonchev–Trinajstić information content (AvgIpc) is 3.44. The first kappa shape index (κ1) is 18.9. The van der Waals surface area contributed by atoms with Gasteiger partial charge in [0.05, 0.1) is 23.8 Å². The topological polar surface area (TPSA) is 82.0 Å². The molecule has 1 aliphatic carbocycles. The van der Waals surface area contributed by atoms with Gasteiger partial charge in [0.15, 0.2) is 0 Å². The molecule has 1 saturated carbocycles. The number of carbonyl (C=O) groups is 2. The Labute approximate surface area is 168 Å². The molecule has 3 heterocycles. The van der Waals surface area contributed by atoms with Crippen molar-refractivity contribution < 1.29 is 9.59 Å². The van der Waals surface area contributed by atoms with Gasteiger partial charge in [-0.25, -0.2) is 14.1 Å². The number of rotatable bonds is 4. The van der Waals surface area contributed by atoms with Crippen LogP contribution in [0.4, 0.5) is 9.59 Å². The quantitative estimate of drug-likeness (QED) is 0.821. The highest BCUT2D eigenvalue weighted by atomic mass is 35.5. The van der Waals surface area contributed by atoms with Crippen LogP contribution in [-0.2, 0) is 6.54 Å². The van der Waals surface area contributed by atoms with Gasteiger partial charge >= 0.3 is 12.1 Å². The third-order valence-electron chi connectivity index (χ3n) is 5.36. The van der Waals surface area contributed by atoms with E-state index >= 15 is 0 Å². The summed E-state index contributed by atoms with van der Waals surface area (Å²) >= 11 is 6.02. The number of halogens is 1. The van der Waals surface area contributed by atoms with Crippen LogP contribution in [0.15, 0.2) is 24.4 Å². The lowest BCUT2D eigenvalue weighted by molar-refractivity contribution is 0.116.